The quantitative estimate of drug-likeness (QED) is 0.446. The molecule has 0 spiro atoms. The molecule has 4 aromatic rings. The van der Waals surface area contributed by atoms with Crippen LogP contribution in [0.2, 0.25) is 0 Å². The number of carbonyl (C=O) groups excluding carboxylic acids is 2. The maximum absolute atomic E-state index is 13.0. The molecule has 1 aliphatic carbocycles. The van der Waals surface area contributed by atoms with E-state index in [4.69, 9.17) is 0 Å². The van der Waals surface area contributed by atoms with E-state index in [9.17, 15) is 9.59 Å². The molecule has 0 bridgehead atoms. The molecule has 0 aliphatic heterocycles. The van der Waals surface area contributed by atoms with E-state index in [1.165, 1.54) is 0 Å². The molecular formula is C22H24N8O2. The van der Waals surface area contributed by atoms with Crippen molar-refractivity contribution in [3.63, 3.8) is 0 Å². The van der Waals surface area contributed by atoms with E-state index in [1.807, 2.05) is 59.6 Å². The molecular weight excluding hydrogens is 408 g/mol. The van der Waals surface area contributed by atoms with Gasteiger partial charge in [0.15, 0.2) is 0 Å². The highest BCUT2D eigenvalue weighted by atomic mass is 16.2. The maximum Gasteiger partial charge on any atom is 0.236 e. The molecule has 10 nitrogen and oxygen atoms in total. The molecule has 0 radical (unpaired) electrons. The number of aromatic nitrogens is 6. The summed E-state index contributed by atoms with van der Waals surface area (Å²) >= 11 is 0. The molecule has 0 unspecified atom stereocenters. The zero-order valence-corrected chi connectivity index (χ0v) is 18.0. The van der Waals surface area contributed by atoms with Gasteiger partial charge in [0.25, 0.3) is 0 Å². The minimum atomic E-state index is -1.04. The molecule has 0 aromatic carbocycles. The van der Waals surface area contributed by atoms with Crippen molar-refractivity contribution in [2.45, 2.75) is 46.2 Å². The van der Waals surface area contributed by atoms with Crippen LogP contribution in [0.15, 0.2) is 36.9 Å². The van der Waals surface area contributed by atoms with Gasteiger partial charge in [-0.15, -0.1) is 0 Å². The largest absolute Gasteiger partial charge is 0.349 e. The zero-order chi connectivity index (χ0) is 22.3. The summed E-state index contributed by atoms with van der Waals surface area (Å²) in [4.78, 5) is 43.5. The van der Waals surface area contributed by atoms with E-state index >= 15 is 0 Å². The Hall–Kier alpha value is -3.82. The molecule has 2 amide bonds. The summed E-state index contributed by atoms with van der Waals surface area (Å²) in [5.74, 6) is 0.634. The summed E-state index contributed by atoms with van der Waals surface area (Å²) in [6, 6.07) is 3.79. The fourth-order valence-electron chi connectivity index (χ4n) is 3.96. The van der Waals surface area contributed by atoms with Crippen LogP contribution in [0.1, 0.15) is 42.0 Å². The van der Waals surface area contributed by atoms with Gasteiger partial charge in [-0.25, -0.2) is 19.9 Å². The molecule has 1 fully saturated rings. The van der Waals surface area contributed by atoms with Gasteiger partial charge in [0, 0.05) is 36.2 Å². The predicted molar refractivity (Wildman–Crippen MR) is 115 cm³/mol. The van der Waals surface area contributed by atoms with E-state index in [-0.39, 0.29) is 24.9 Å². The Balaban J connectivity index is 1.23. The Morgan fingerprint density at radius 1 is 0.844 bits per heavy atom. The van der Waals surface area contributed by atoms with Gasteiger partial charge in [-0.1, -0.05) is 6.42 Å². The second-order valence-corrected chi connectivity index (χ2v) is 8.32. The van der Waals surface area contributed by atoms with Gasteiger partial charge < -0.3 is 10.6 Å². The molecule has 2 N–H and O–H groups in total. The van der Waals surface area contributed by atoms with Gasteiger partial charge in [-0.05, 0) is 38.8 Å². The number of carbonyl (C=O) groups is 2. The number of rotatable bonds is 6. The molecule has 5 rings (SSSR count). The molecule has 4 heterocycles. The fraction of sp³-hybridized carbons (Fsp3) is 0.364. The lowest BCUT2D eigenvalue weighted by atomic mass is 9.67. The van der Waals surface area contributed by atoms with Crippen LogP contribution in [0.5, 0.6) is 0 Å². The topological polar surface area (TPSA) is 119 Å². The lowest BCUT2D eigenvalue weighted by molar-refractivity contribution is -0.149. The van der Waals surface area contributed by atoms with Crippen LogP contribution >= 0.6 is 0 Å². The maximum atomic E-state index is 13.0. The van der Waals surface area contributed by atoms with E-state index in [1.54, 1.807) is 0 Å². The lowest BCUT2D eigenvalue weighted by Gasteiger charge is -2.38. The number of aryl methyl sites for hydroxylation is 2. The standard InChI is InChI=1S/C22H24N8O2/c1-14-4-8-29-12-16(27-20(29)25-14)10-23-18(31)22(6-3-7-22)19(32)24-11-17-13-30-9-5-15(2)26-21(30)28-17/h4-5,8-9,12-13H,3,6-7,10-11H2,1-2H3,(H,23,31)(H,24,32). The van der Waals surface area contributed by atoms with Gasteiger partial charge in [0.2, 0.25) is 23.4 Å². The van der Waals surface area contributed by atoms with Crippen LogP contribution in [-0.2, 0) is 22.7 Å². The van der Waals surface area contributed by atoms with Crippen molar-refractivity contribution < 1.29 is 9.59 Å². The number of fused-ring (bicyclic) bond motifs is 2. The predicted octanol–water partition coefficient (Wildman–Crippen LogP) is 1.49. The minimum Gasteiger partial charge on any atom is -0.349 e. The second-order valence-electron chi connectivity index (χ2n) is 8.32. The summed E-state index contributed by atoms with van der Waals surface area (Å²) in [6.07, 6.45) is 9.32. The van der Waals surface area contributed by atoms with Crippen LogP contribution in [0, 0.1) is 19.3 Å². The lowest BCUT2D eigenvalue weighted by Crippen LogP contribution is -2.55. The molecule has 32 heavy (non-hydrogen) atoms. The molecule has 4 aromatic heterocycles. The molecule has 10 heteroatoms. The summed E-state index contributed by atoms with van der Waals surface area (Å²) < 4.78 is 3.62. The van der Waals surface area contributed by atoms with Gasteiger partial charge in [-0.2, -0.15) is 0 Å². The van der Waals surface area contributed by atoms with Crippen molar-refractivity contribution in [2.24, 2.45) is 5.41 Å². The van der Waals surface area contributed by atoms with Crippen LogP contribution in [0.4, 0.5) is 0 Å². The Kier molecular flexibility index (Phi) is 4.84. The first-order valence-corrected chi connectivity index (χ1v) is 10.6. The van der Waals surface area contributed by atoms with Crippen molar-refractivity contribution >= 4 is 23.4 Å². The summed E-state index contributed by atoms with van der Waals surface area (Å²) in [5, 5.41) is 5.78. The number of nitrogens with zero attached hydrogens (tertiary/aromatic N) is 6. The molecule has 0 saturated heterocycles. The normalized spacial score (nSPS) is 14.9. The first kappa shape index (κ1) is 20.1. The molecule has 1 aliphatic rings. The minimum absolute atomic E-state index is 0.244. The first-order valence-electron chi connectivity index (χ1n) is 10.6. The Morgan fingerprint density at radius 3 is 1.72 bits per heavy atom. The molecule has 1 saturated carbocycles. The Morgan fingerprint density at radius 2 is 1.31 bits per heavy atom. The second kappa shape index (κ2) is 7.70. The molecule has 164 valence electrons. The van der Waals surface area contributed by atoms with Crippen LogP contribution < -0.4 is 10.6 Å². The van der Waals surface area contributed by atoms with Gasteiger partial charge in [-0.3, -0.25) is 18.4 Å². The summed E-state index contributed by atoms with van der Waals surface area (Å²) in [7, 11) is 0. The fourth-order valence-corrected chi connectivity index (χ4v) is 3.96. The van der Waals surface area contributed by atoms with Gasteiger partial charge in [0.05, 0.1) is 24.5 Å². The number of hydrogen-bond donors (Lipinski definition) is 2. The highest BCUT2D eigenvalue weighted by molar-refractivity contribution is 6.05. The van der Waals surface area contributed by atoms with Gasteiger partial charge in [0.1, 0.15) is 5.41 Å². The van der Waals surface area contributed by atoms with Crippen molar-refractivity contribution in [3.8, 4) is 0 Å². The van der Waals surface area contributed by atoms with Crippen LogP contribution in [-0.4, -0.2) is 40.6 Å². The third-order valence-corrected chi connectivity index (χ3v) is 5.97. The van der Waals surface area contributed by atoms with E-state index < -0.39 is 5.41 Å². The highest BCUT2D eigenvalue weighted by Gasteiger charge is 2.50. The van der Waals surface area contributed by atoms with Gasteiger partial charge >= 0.3 is 0 Å². The van der Waals surface area contributed by atoms with Crippen molar-refractivity contribution in [2.75, 3.05) is 0 Å². The molecule has 0 atom stereocenters. The number of hydrogen-bond acceptors (Lipinski definition) is 6. The van der Waals surface area contributed by atoms with Crippen LogP contribution in [0.25, 0.3) is 11.6 Å². The summed E-state index contributed by atoms with van der Waals surface area (Å²) in [5.41, 5.74) is 2.10. The van der Waals surface area contributed by atoms with E-state index in [2.05, 4.69) is 30.6 Å². The van der Waals surface area contributed by atoms with Crippen molar-refractivity contribution in [3.05, 3.63) is 59.7 Å². The monoisotopic (exact) mass is 432 g/mol. The van der Waals surface area contributed by atoms with E-state index in [0.717, 1.165) is 17.8 Å². The zero-order valence-electron chi connectivity index (χ0n) is 18.0. The highest BCUT2D eigenvalue weighted by Crippen LogP contribution is 2.41. The third kappa shape index (κ3) is 3.57. The number of nitrogens with one attached hydrogen (secondary N) is 2. The average molecular weight is 432 g/mol. The Labute approximate surface area is 184 Å². The average Bonchev–Trinajstić information content (AvgIpc) is 3.32. The smallest absolute Gasteiger partial charge is 0.236 e. The SMILES string of the molecule is Cc1ccn2cc(CNC(=O)C3(C(=O)NCc4cn5ccc(C)nc5n4)CCC3)nc2n1. The van der Waals surface area contributed by atoms with E-state index in [0.29, 0.717) is 35.8 Å². The number of imidazole rings is 2. The Bertz CT molecular complexity index is 1240. The van der Waals surface area contributed by atoms with Crippen molar-refractivity contribution in [1.29, 1.82) is 0 Å². The third-order valence-electron chi connectivity index (χ3n) is 5.97. The first-order chi connectivity index (χ1) is 15.4. The van der Waals surface area contributed by atoms with Crippen LogP contribution in [0.3, 0.4) is 0 Å². The summed E-state index contributed by atoms with van der Waals surface area (Å²) in [6.45, 7) is 4.29. The number of amides is 2. The van der Waals surface area contributed by atoms with Crippen molar-refractivity contribution in [1.82, 2.24) is 39.4 Å².